The number of hydrogen-bond donors (Lipinski definition) is 2. The highest BCUT2D eigenvalue weighted by Gasteiger charge is 2.28. The largest absolute Gasteiger partial charge is 0.271 e. The number of aromatic nitrogens is 3. The first-order valence-corrected chi connectivity index (χ1v) is 7.16. The molecule has 1 aromatic carbocycles. The summed E-state index contributed by atoms with van der Waals surface area (Å²) in [5.41, 5.74) is 5.89. The second kappa shape index (κ2) is 5.73. The van der Waals surface area contributed by atoms with Crippen LogP contribution in [0.1, 0.15) is 35.7 Å². The van der Waals surface area contributed by atoms with E-state index in [4.69, 9.17) is 5.84 Å². The number of hydrazine groups is 1. The zero-order valence-electron chi connectivity index (χ0n) is 11.8. The fourth-order valence-electron chi connectivity index (χ4n) is 3.23. The molecule has 0 saturated heterocycles. The van der Waals surface area contributed by atoms with E-state index in [1.54, 1.807) is 6.33 Å². The lowest BCUT2D eigenvalue weighted by Gasteiger charge is -2.31. The minimum atomic E-state index is 0.194. The van der Waals surface area contributed by atoms with Gasteiger partial charge in [-0.2, -0.15) is 5.10 Å². The Hall–Kier alpha value is -1.72. The van der Waals surface area contributed by atoms with E-state index in [9.17, 15) is 0 Å². The molecule has 0 radical (unpaired) electrons. The molecule has 0 amide bonds. The van der Waals surface area contributed by atoms with Gasteiger partial charge in [-0.1, -0.05) is 24.3 Å². The van der Waals surface area contributed by atoms with Crippen LogP contribution in [0.15, 0.2) is 30.6 Å². The van der Waals surface area contributed by atoms with Gasteiger partial charge >= 0.3 is 0 Å². The molecular formula is C15H21N5. The Morgan fingerprint density at radius 1 is 1.45 bits per heavy atom. The number of hydrogen-bond acceptors (Lipinski definition) is 4. The first kappa shape index (κ1) is 13.3. The fraction of sp³-hybridized carbons (Fsp3) is 0.467. The first-order chi connectivity index (χ1) is 9.79. The van der Waals surface area contributed by atoms with Crippen LogP contribution in [0, 0.1) is 0 Å². The maximum Gasteiger partial charge on any atom is 0.138 e. The Morgan fingerprint density at radius 3 is 3.05 bits per heavy atom. The summed E-state index contributed by atoms with van der Waals surface area (Å²) < 4.78 is 1.82. The van der Waals surface area contributed by atoms with Crippen molar-refractivity contribution in [2.75, 3.05) is 0 Å². The van der Waals surface area contributed by atoms with Crippen LogP contribution in [0.2, 0.25) is 0 Å². The summed E-state index contributed by atoms with van der Waals surface area (Å²) in [5, 5.41) is 4.13. The van der Waals surface area contributed by atoms with E-state index in [2.05, 4.69) is 39.8 Å². The lowest BCUT2D eigenvalue weighted by molar-refractivity contribution is 0.386. The molecular weight excluding hydrogens is 250 g/mol. The van der Waals surface area contributed by atoms with Crippen LogP contribution in [0.25, 0.3) is 0 Å². The second-order valence-electron chi connectivity index (χ2n) is 5.47. The Labute approximate surface area is 119 Å². The molecule has 20 heavy (non-hydrogen) atoms. The zero-order valence-corrected chi connectivity index (χ0v) is 11.8. The number of aryl methyl sites for hydroxylation is 2. The molecule has 0 spiro atoms. The number of rotatable bonds is 4. The van der Waals surface area contributed by atoms with Gasteiger partial charge in [-0.3, -0.25) is 16.0 Å². The molecule has 3 rings (SSSR count). The molecule has 106 valence electrons. The molecule has 0 aliphatic heterocycles. The molecule has 0 fully saturated rings. The number of nitrogens with zero attached hydrogens (tertiary/aromatic N) is 3. The molecule has 2 aromatic rings. The summed E-state index contributed by atoms with van der Waals surface area (Å²) in [4.78, 5) is 4.31. The average Bonchev–Trinajstić information content (AvgIpc) is 2.89. The van der Waals surface area contributed by atoms with E-state index in [1.165, 1.54) is 30.4 Å². The van der Waals surface area contributed by atoms with Crippen molar-refractivity contribution in [1.29, 1.82) is 0 Å². The van der Waals surface area contributed by atoms with Gasteiger partial charge in [-0.05, 0) is 30.4 Å². The lowest BCUT2D eigenvalue weighted by Crippen LogP contribution is -2.43. The minimum Gasteiger partial charge on any atom is -0.271 e. The van der Waals surface area contributed by atoms with Crippen molar-refractivity contribution < 1.29 is 0 Å². The third-order valence-corrected chi connectivity index (χ3v) is 4.32. The van der Waals surface area contributed by atoms with E-state index < -0.39 is 0 Å². The Bertz CT molecular complexity index is 577. The predicted molar refractivity (Wildman–Crippen MR) is 77.9 cm³/mol. The van der Waals surface area contributed by atoms with Gasteiger partial charge in [0.2, 0.25) is 0 Å². The quantitative estimate of drug-likeness (QED) is 0.650. The monoisotopic (exact) mass is 271 g/mol. The van der Waals surface area contributed by atoms with Crippen LogP contribution in [0.5, 0.6) is 0 Å². The molecule has 5 heteroatoms. The maximum absolute atomic E-state index is 5.82. The van der Waals surface area contributed by atoms with Gasteiger partial charge in [-0.25, -0.2) is 4.98 Å². The van der Waals surface area contributed by atoms with E-state index in [0.717, 1.165) is 12.2 Å². The fourth-order valence-corrected chi connectivity index (χ4v) is 3.23. The second-order valence-corrected chi connectivity index (χ2v) is 5.47. The zero-order chi connectivity index (χ0) is 13.9. The molecule has 1 aromatic heterocycles. The molecule has 1 heterocycles. The standard InChI is InChI=1S/C15H21N5/c1-20-15(17-10-18-20)9-14(19-16)13-8-4-6-11-5-2-3-7-12(11)13/h2-3,5,7,10,13-14,19H,4,6,8-9,16H2,1H3. The molecule has 1 aliphatic carbocycles. The highest BCUT2D eigenvalue weighted by molar-refractivity contribution is 5.34. The average molecular weight is 271 g/mol. The normalized spacial score (nSPS) is 19.6. The van der Waals surface area contributed by atoms with E-state index >= 15 is 0 Å². The SMILES string of the molecule is Cn1ncnc1CC(NN)C1CCCc2ccccc21. The van der Waals surface area contributed by atoms with Gasteiger partial charge in [0, 0.05) is 25.4 Å². The van der Waals surface area contributed by atoms with Crippen LogP contribution >= 0.6 is 0 Å². The van der Waals surface area contributed by atoms with E-state index in [0.29, 0.717) is 5.92 Å². The van der Waals surface area contributed by atoms with Crippen molar-refractivity contribution >= 4 is 0 Å². The van der Waals surface area contributed by atoms with Crippen LogP contribution in [-0.4, -0.2) is 20.8 Å². The maximum atomic E-state index is 5.82. The lowest BCUT2D eigenvalue weighted by atomic mass is 9.78. The van der Waals surface area contributed by atoms with Crippen molar-refractivity contribution in [3.8, 4) is 0 Å². The molecule has 2 atom stereocenters. The minimum absolute atomic E-state index is 0.194. The van der Waals surface area contributed by atoms with Crippen molar-refractivity contribution in [3.63, 3.8) is 0 Å². The smallest absolute Gasteiger partial charge is 0.138 e. The number of fused-ring (bicyclic) bond motifs is 1. The van der Waals surface area contributed by atoms with E-state index in [1.807, 2.05) is 11.7 Å². The molecule has 5 nitrogen and oxygen atoms in total. The third-order valence-electron chi connectivity index (χ3n) is 4.32. The van der Waals surface area contributed by atoms with Crippen LogP contribution < -0.4 is 11.3 Å². The van der Waals surface area contributed by atoms with Gasteiger partial charge < -0.3 is 0 Å². The predicted octanol–water partition coefficient (Wildman–Crippen LogP) is 1.31. The molecule has 0 saturated carbocycles. The number of nitrogens with two attached hydrogens (primary N) is 1. The Morgan fingerprint density at radius 2 is 2.30 bits per heavy atom. The van der Waals surface area contributed by atoms with E-state index in [-0.39, 0.29) is 6.04 Å². The molecule has 2 unspecified atom stereocenters. The summed E-state index contributed by atoms with van der Waals surface area (Å²) in [7, 11) is 1.92. The summed E-state index contributed by atoms with van der Waals surface area (Å²) in [6.45, 7) is 0. The Balaban J connectivity index is 1.85. The van der Waals surface area contributed by atoms with Gasteiger partial charge in [0.25, 0.3) is 0 Å². The number of benzene rings is 1. The highest BCUT2D eigenvalue weighted by atomic mass is 15.3. The summed E-state index contributed by atoms with van der Waals surface area (Å²) in [6, 6.07) is 8.90. The van der Waals surface area contributed by atoms with Crippen molar-refractivity contribution in [2.24, 2.45) is 12.9 Å². The Kier molecular flexibility index (Phi) is 3.80. The molecule has 1 aliphatic rings. The summed E-state index contributed by atoms with van der Waals surface area (Å²) >= 11 is 0. The molecule has 0 bridgehead atoms. The first-order valence-electron chi connectivity index (χ1n) is 7.16. The van der Waals surface area contributed by atoms with Crippen LogP contribution in [0.4, 0.5) is 0 Å². The van der Waals surface area contributed by atoms with Crippen LogP contribution in [-0.2, 0) is 19.9 Å². The van der Waals surface area contributed by atoms with Gasteiger partial charge in [0.15, 0.2) is 0 Å². The van der Waals surface area contributed by atoms with Crippen LogP contribution in [0.3, 0.4) is 0 Å². The molecule has 3 N–H and O–H groups in total. The van der Waals surface area contributed by atoms with Crippen molar-refractivity contribution in [1.82, 2.24) is 20.2 Å². The summed E-state index contributed by atoms with van der Waals surface area (Å²) in [6.07, 6.45) is 5.96. The third kappa shape index (κ3) is 2.46. The summed E-state index contributed by atoms with van der Waals surface area (Å²) in [5.74, 6) is 7.23. The van der Waals surface area contributed by atoms with Crippen molar-refractivity contribution in [3.05, 3.63) is 47.5 Å². The van der Waals surface area contributed by atoms with Gasteiger partial charge in [0.1, 0.15) is 12.2 Å². The topological polar surface area (TPSA) is 68.8 Å². The van der Waals surface area contributed by atoms with Crippen molar-refractivity contribution in [2.45, 2.75) is 37.6 Å². The highest BCUT2D eigenvalue weighted by Crippen LogP contribution is 2.34. The van der Waals surface area contributed by atoms with Gasteiger partial charge in [0.05, 0.1) is 0 Å². The van der Waals surface area contributed by atoms with Gasteiger partial charge in [-0.15, -0.1) is 0 Å². The number of nitrogens with one attached hydrogen (secondary N) is 1.